The first-order valence-corrected chi connectivity index (χ1v) is 8.27. The molecule has 1 N–H and O–H groups in total. The second kappa shape index (κ2) is 6.40. The van der Waals surface area contributed by atoms with E-state index in [-0.39, 0.29) is 4.90 Å². The van der Waals surface area contributed by atoms with E-state index in [2.05, 4.69) is 9.56 Å². The molecule has 0 unspecified atom stereocenters. The fourth-order valence-electron chi connectivity index (χ4n) is 2.45. The van der Waals surface area contributed by atoms with Crippen LogP contribution in [0.2, 0.25) is 0 Å². The monoisotopic (exact) mass is 314 g/mol. The van der Waals surface area contributed by atoms with Crippen LogP contribution in [-0.2, 0) is 14.9 Å². The van der Waals surface area contributed by atoms with E-state index in [1.54, 1.807) is 12.1 Å². The van der Waals surface area contributed by atoms with E-state index in [1.165, 1.54) is 12.1 Å². The van der Waals surface area contributed by atoms with Crippen LogP contribution < -0.4 is 4.72 Å². The van der Waals surface area contributed by atoms with Crippen LogP contribution in [0.4, 0.5) is 0 Å². The summed E-state index contributed by atoms with van der Waals surface area (Å²) in [6.45, 7) is 1.87. The van der Waals surface area contributed by atoms with E-state index in [0.717, 1.165) is 18.4 Å². The van der Waals surface area contributed by atoms with Crippen molar-refractivity contribution >= 4 is 10.0 Å². The minimum absolute atomic E-state index is 0.151. The highest BCUT2D eigenvalue weighted by atomic mass is 32.2. The number of rotatable bonds is 5. The third kappa shape index (κ3) is 4.15. The van der Waals surface area contributed by atoms with Gasteiger partial charge < -0.3 is 4.84 Å². The van der Waals surface area contributed by atoms with Crippen LogP contribution in [0.25, 0.3) is 0 Å². The molecule has 8 heteroatoms. The van der Waals surface area contributed by atoms with Crippen LogP contribution in [0.5, 0.6) is 0 Å². The molecule has 1 aromatic rings. The third-order valence-corrected chi connectivity index (χ3v) is 5.07. The maximum atomic E-state index is 12.3. The van der Waals surface area contributed by atoms with E-state index < -0.39 is 27.3 Å². The first-order chi connectivity index (χ1) is 9.88. The molecule has 1 aliphatic carbocycles. The van der Waals surface area contributed by atoms with Gasteiger partial charge in [-0.1, -0.05) is 30.5 Å². The summed E-state index contributed by atoms with van der Waals surface area (Å²) in [7, 11) is -3.70. The van der Waals surface area contributed by atoms with Crippen molar-refractivity contribution in [2.45, 2.75) is 49.6 Å². The van der Waals surface area contributed by atoms with Gasteiger partial charge in [-0.25, -0.2) is 13.1 Å². The SMILES string of the molecule is Cc1ccc(S(=O)(=O)N[C@@H]2CCCC[C@H]2O[N+](=O)[O-])cc1. The summed E-state index contributed by atoms with van der Waals surface area (Å²) in [4.78, 5) is 15.2. The molecular formula is C13H18N2O5S. The highest BCUT2D eigenvalue weighted by Gasteiger charge is 2.31. The van der Waals surface area contributed by atoms with E-state index in [9.17, 15) is 18.5 Å². The lowest BCUT2D eigenvalue weighted by atomic mass is 9.93. The fourth-order valence-corrected chi connectivity index (χ4v) is 3.75. The number of hydrogen-bond acceptors (Lipinski definition) is 5. The van der Waals surface area contributed by atoms with Gasteiger partial charge in [0, 0.05) is 6.04 Å². The minimum Gasteiger partial charge on any atom is -0.309 e. The van der Waals surface area contributed by atoms with Crippen molar-refractivity contribution in [3.63, 3.8) is 0 Å². The Bertz CT molecular complexity index is 599. The van der Waals surface area contributed by atoms with Crippen LogP contribution in [0, 0.1) is 17.0 Å². The number of hydrogen-bond donors (Lipinski definition) is 1. The number of nitrogens with one attached hydrogen (secondary N) is 1. The van der Waals surface area contributed by atoms with Gasteiger partial charge in [0.15, 0.2) is 0 Å². The highest BCUT2D eigenvalue weighted by molar-refractivity contribution is 7.89. The van der Waals surface area contributed by atoms with Gasteiger partial charge in [-0.2, -0.15) is 0 Å². The quantitative estimate of drug-likeness (QED) is 0.660. The van der Waals surface area contributed by atoms with Crippen molar-refractivity contribution in [3.05, 3.63) is 39.9 Å². The van der Waals surface area contributed by atoms with Crippen molar-refractivity contribution in [1.29, 1.82) is 0 Å². The summed E-state index contributed by atoms with van der Waals surface area (Å²) >= 11 is 0. The lowest BCUT2D eigenvalue weighted by molar-refractivity contribution is -0.769. The van der Waals surface area contributed by atoms with Gasteiger partial charge in [-0.05, 0) is 31.9 Å². The molecule has 0 heterocycles. The Labute approximate surface area is 123 Å². The molecule has 7 nitrogen and oxygen atoms in total. The summed E-state index contributed by atoms with van der Waals surface area (Å²) in [5.74, 6) is 0. The molecule has 0 bridgehead atoms. The third-order valence-electron chi connectivity index (χ3n) is 3.56. The van der Waals surface area contributed by atoms with E-state index in [0.29, 0.717) is 12.8 Å². The Morgan fingerprint density at radius 2 is 1.86 bits per heavy atom. The Kier molecular flexibility index (Phi) is 4.79. The zero-order valence-corrected chi connectivity index (χ0v) is 12.5. The van der Waals surface area contributed by atoms with Crippen LogP contribution in [0.1, 0.15) is 31.2 Å². The number of nitrogens with zero attached hydrogens (tertiary/aromatic N) is 1. The van der Waals surface area contributed by atoms with Gasteiger partial charge in [-0.3, -0.25) is 0 Å². The smallest absolute Gasteiger partial charge is 0.294 e. The first kappa shape index (κ1) is 15.7. The average Bonchev–Trinajstić information content (AvgIpc) is 2.40. The van der Waals surface area contributed by atoms with Crippen LogP contribution in [0.15, 0.2) is 29.2 Å². The van der Waals surface area contributed by atoms with E-state index in [1.807, 2.05) is 6.92 Å². The van der Waals surface area contributed by atoms with Gasteiger partial charge in [0.05, 0.1) is 4.90 Å². The number of benzene rings is 1. The molecule has 0 aliphatic heterocycles. The van der Waals surface area contributed by atoms with Gasteiger partial charge in [-0.15, -0.1) is 10.1 Å². The Morgan fingerprint density at radius 1 is 1.24 bits per heavy atom. The summed E-state index contributed by atoms with van der Waals surface area (Å²) in [6.07, 6.45) is 1.89. The van der Waals surface area contributed by atoms with Crippen LogP contribution >= 0.6 is 0 Å². The van der Waals surface area contributed by atoms with Crippen molar-refractivity contribution < 1.29 is 18.3 Å². The maximum absolute atomic E-state index is 12.3. The molecule has 1 aliphatic rings. The Balaban J connectivity index is 2.13. The molecule has 116 valence electrons. The Hall–Kier alpha value is -1.67. The molecule has 0 saturated heterocycles. The molecule has 0 amide bonds. The zero-order valence-electron chi connectivity index (χ0n) is 11.7. The normalized spacial score (nSPS) is 22.7. The highest BCUT2D eigenvalue weighted by Crippen LogP contribution is 2.23. The standard InChI is InChI=1S/C13H18N2O5S/c1-10-6-8-11(9-7-10)21(18,19)14-12-4-2-3-5-13(12)20-15(16)17/h6-9,12-14H,2-5H2,1H3/t12-,13-/m1/s1. The lowest BCUT2D eigenvalue weighted by Crippen LogP contribution is -2.46. The van der Waals surface area contributed by atoms with Gasteiger partial charge in [0.1, 0.15) is 6.10 Å². The number of sulfonamides is 1. The fraction of sp³-hybridized carbons (Fsp3) is 0.538. The first-order valence-electron chi connectivity index (χ1n) is 6.78. The van der Waals surface area contributed by atoms with Crippen molar-refractivity contribution in [2.24, 2.45) is 0 Å². The summed E-state index contributed by atoms with van der Waals surface area (Å²) in [5, 5.41) is 9.63. The molecule has 1 fully saturated rings. The van der Waals surface area contributed by atoms with Gasteiger partial charge in [0.25, 0.3) is 5.09 Å². The molecule has 2 atom stereocenters. The largest absolute Gasteiger partial charge is 0.309 e. The molecule has 2 rings (SSSR count). The van der Waals surface area contributed by atoms with Crippen LogP contribution in [-0.4, -0.2) is 25.7 Å². The minimum atomic E-state index is -3.70. The van der Waals surface area contributed by atoms with Gasteiger partial charge in [0.2, 0.25) is 10.0 Å². The van der Waals surface area contributed by atoms with Crippen molar-refractivity contribution in [3.8, 4) is 0 Å². The molecule has 0 radical (unpaired) electrons. The van der Waals surface area contributed by atoms with Crippen LogP contribution in [0.3, 0.4) is 0 Å². The maximum Gasteiger partial charge on any atom is 0.294 e. The predicted molar refractivity (Wildman–Crippen MR) is 75.6 cm³/mol. The molecule has 1 saturated carbocycles. The topological polar surface area (TPSA) is 98.5 Å². The second-order valence-electron chi connectivity index (χ2n) is 5.19. The second-order valence-corrected chi connectivity index (χ2v) is 6.91. The predicted octanol–water partition coefficient (Wildman–Crippen LogP) is 1.79. The molecular weight excluding hydrogens is 296 g/mol. The summed E-state index contributed by atoms with van der Waals surface area (Å²) in [6, 6.07) is 5.88. The van der Waals surface area contributed by atoms with Gasteiger partial charge >= 0.3 is 0 Å². The van der Waals surface area contributed by atoms with Crippen molar-refractivity contribution in [2.75, 3.05) is 0 Å². The molecule has 1 aromatic carbocycles. The van der Waals surface area contributed by atoms with Crippen molar-refractivity contribution in [1.82, 2.24) is 4.72 Å². The van der Waals surface area contributed by atoms with E-state index >= 15 is 0 Å². The number of aryl methyl sites for hydroxylation is 1. The summed E-state index contributed by atoms with van der Waals surface area (Å²) in [5.41, 5.74) is 0.959. The lowest BCUT2D eigenvalue weighted by Gasteiger charge is -2.30. The zero-order chi connectivity index (χ0) is 15.5. The Morgan fingerprint density at radius 3 is 2.48 bits per heavy atom. The van der Waals surface area contributed by atoms with E-state index in [4.69, 9.17) is 0 Å². The summed E-state index contributed by atoms with van der Waals surface area (Å²) < 4.78 is 27.1. The molecule has 0 aromatic heterocycles. The molecule has 0 spiro atoms. The molecule has 21 heavy (non-hydrogen) atoms. The average molecular weight is 314 g/mol.